The molecule has 0 aliphatic carbocycles. The third kappa shape index (κ3) is 5.17. The van der Waals surface area contributed by atoms with Gasteiger partial charge in [-0.3, -0.25) is 9.59 Å². The summed E-state index contributed by atoms with van der Waals surface area (Å²) in [4.78, 5) is 28.0. The first-order chi connectivity index (χ1) is 11.4. The van der Waals surface area contributed by atoms with Gasteiger partial charge in [-0.1, -0.05) is 12.1 Å². The van der Waals surface area contributed by atoms with Crippen LogP contribution in [0.15, 0.2) is 24.3 Å². The summed E-state index contributed by atoms with van der Waals surface area (Å²) in [5.41, 5.74) is 7.10. The molecular formula is C18H28ClN3O3. The number of ether oxygens (including phenoxy) is 1. The molecule has 1 aromatic carbocycles. The van der Waals surface area contributed by atoms with Crippen molar-refractivity contribution in [2.24, 2.45) is 5.73 Å². The predicted octanol–water partition coefficient (Wildman–Crippen LogP) is 1.67. The summed E-state index contributed by atoms with van der Waals surface area (Å²) >= 11 is 0. The number of benzene rings is 1. The van der Waals surface area contributed by atoms with Gasteiger partial charge < -0.3 is 20.3 Å². The van der Waals surface area contributed by atoms with Crippen LogP contribution in [0.3, 0.4) is 0 Å². The van der Waals surface area contributed by atoms with E-state index in [1.54, 1.807) is 36.0 Å². The maximum atomic E-state index is 12.8. The largest absolute Gasteiger partial charge is 0.381 e. The SMILES string of the molecule is CCN(Cc1ccc(C(=O)N(C)C)cc1)C(=O)C1(N)CCOCC1.Cl. The normalized spacial score (nSPS) is 15.8. The molecule has 2 N–H and O–H groups in total. The lowest BCUT2D eigenvalue weighted by atomic mass is 9.89. The Kier molecular flexibility index (Phi) is 7.86. The lowest BCUT2D eigenvalue weighted by molar-refractivity contribution is -0.141. The second kappa shape index (κ2) is 9.17. The minimum atomic E-state index is -0.824. The highest BCUT2D eigenvalue weighted by Crippen LogP contribution is 2.21. The molecule has 2 rings (SSSR count). The van der Waals surface area contributed by atoms with Gasteiger partial charge in [-0.25, -0.2) is 0 Å². The fraction of sp³-hybridized carbons (Fsp3) is 0.556. The van der Waals surface area contributed by atoms with E-state index in [2.05, 4.69) is 0 Å². The Bertz CT molecular complexity index is 584. The van der Waals surface area contributed by atoms with Gasteiger partial charge in [-0.05, 0) is 37.5 Å². The van der Waals surface area contributed by atoms with Gasteiger partial charge >= 0.3 is 0 Å². The first-order valence-corrected chi connectivity index (χ1v) is 8.34. The molecule has 0 saturated carbocycles. The van der Waals surface area contributed by atoms with Gasteiger partial charge in [0, 0.05) is 46.0 Å². The number of hydrogen-bond donors (Lipinski definition) is 1. The highest BCUT2D eigenvalue weighted by molar-refractivity contribution is 5.93. The van der Waals surface area contributed by atoms with Gasteiger partial charge in [0.2, 0.25) is 5.91 Å². The van der Waals surface area contributed by atoms with Crippen molar-refractivity contribution in [1.82, 2.24) is 9.80 Å². The average Bonchev–Trinajstić information content (AvgIpc) is 2.59. The van der Waals surface area contributed by atoms with E-state index >= 15 is 0 Å². The van der Waals surface area contributed by atoms with E-state index in [4.69, 9.17) is 10.5 Å². The summed E-state index contributed by atoms with van der Waals surface area (Å²) < 4.78 is 5.31. The highest BCUT2D eigenvalue weighted by Gasteiger charge is 2.38. The molecule has 1 aliphatic heterocycles. The zero-order valence-corrected chi connectivity index (χ0v) is 16.0. The zero-order valence-electron chi connectivity index (χ0n) is 15.2. The second-order valence-electron chi connectivity index (χ2n) is 6.48. The summed E-state index contributed by atoms with van der Waals surface area (Å²) in [5.74, 6) is -0.0603. The molecule has 0 bridgehead atoms. The van der Waals surface area contributed by atoms with E-state index in [1.165, 1.54) is 0 Å². The molecule has 140 valence electrons. The van der Waals surface area contributed by atoms with Crippen molar-refractivity contribution in [2.75, 3.05) is 33.9 Å². The van der Waals surface area contributed by atoms with E-state index in [-0.39, 0.29) is 24.2 Å². The van der Waals surface area contributed by atoms with Crippen LogP contribution in [0.4, 0.5) is 0 Å². The van der Waals surface area contributed by atoms with E-state index in [9.17, 15) is 9.59 Å². The number of likely N-dealkylation sites (N-methyl/N-ethyl adjacent to an activating group) is 1. The molecular weight excluding hydrogens is 342 g/mol. The van der Waals surface area contributed by atoms with Crippen LogP contribution in [-0.4, -0.2) is 61.0 Å². The van der Waals surface area contributed by atoms with Crippen LogP contribution in [0.2, 0.25) is 0 Å². The minimum absolute atomic E-state index is 0. The first-order valence-electron chi connectivity index (χ1n) is 8.34. The molecule has 2 amide bonds. The maximum absolute atomic E-state index is 12.8. The maximum Gasteiger partial charge on any atom is 0.253 e. The number of nitrogens with zero attached hydrogens (tertiary/aromatic N) is 2. The van der Waals surface area contributed by atoms with Crippen LogP contribution in [0.1, 0.15) is 35.7 Å². The van der Waals surface area contributed by atoms with Gasteiger partial charge in [-0.2, -0.15) is 0 Å². The summed E-state index contributed by atoms with van der Waals surface area (Å²) in [7, 11) is 3.45. The fourth-order valence-corrected chi connectivity index (χ4v) is 2.82. The molecule has 1 aromatic rings. The molecule has 1 aliphatic rings. The van der Waals surface area contributed by atoms with Crippen molar-refractivity contribution in [3.8, 4) is 0 Å². The Balaban J connectivity index is 0.00000312. The third-order valence-electron chi connectivity index (χ3n) is 4.46. The average molecular weight is 370 g/mol. The Morgan fingerprint density at radius 1 is 1.16 bits per heavy atom. The molecule has 0 spiro atoms. The van der Waals surface area contributed by atoms with Gasteiger partial charge in [-0.15, -0.1) is 12.4 Å². The van der Waals surface area contributed by atoms with E-state index in [1.807, 2.05) is 19.1 Å². The number of halogens is 1. The van der Waals surface area contributed by atoms with Crippen molar-refractivity contribution < 1.29 is 14.3 Å². The molecule has 6 nitrogen and oxygen atoms in total. The number of rotatable bonds is 5. The van der Waals surface area contributed by atoms with Gasteiger partial charge in [0.1, 0.15) is 0 Å². The van der Waals surface area contributed by atoms with Crippen molar-refractivity contribution in [2.45, 2.75) is 31.8 Å². The number of carbonyl (C=O) groups is 2. The monoisotopic (exact) mass is 369 g/mol. The summed E-state index contributed by atoms with van der Waals surface area (Å²) in [6.45, 7) is 4.09. The molecule has 0 aromatic heterocycles. The summed E-state index contributed by atoms with van der Waals surface area (Å²) in [6.07, 6.45) is 1.11. The Hall–Kier alpha value is -1.63. The van der Waals surface area contributed by atoms with Crippen molar-refractivity contribution >= 4 is 24.2 Å². The Morgan fingerprint density at radius 2 is 1.72 bits per heavy atom. The highest BCUT2D eigenvalue weighted by atomic mass is 35.5. The van der Waals surface area contributed by atoms with E-state index in [0.29, 0.717) is 44.7 Å². The Morgan fingerprint density at radius 3 is 2.20 bits per heavy atom. The molecule has 0 radical (unpaired) electrons. The molecule has 1 fully saturated rings. The van der Waals surface area contributed by atoms with Crippen molar-refractivity contribution in [3.05, 3.63) is 35.4 Å². The van der Waals surface area contributed by atoms with Crippen molar-refractivity contribution in [1.29, 1.82) is 0 Å². The van der Waals surface area contributed by atoms with E-state index < -0.39 is 5.54 Å². The lowest BCUT2D eigenvalue weighted by Crippen LogP contribution is -2.57. The predicted molar refractivity (Wildman–Crippen MR) is 99.8 cm³/mol. The minimum Gasteiger partial charge on any atom is -0.381 e. The number of nitrogens with two attached hydrogens (primary N) is 1. The molecule has 1 heterocycles. The van der Waals surface area contributed by atoms with Crippen LogP contribution < -0.4 is 5.73 Å². The quantitative estimate of drug-likeness (QED) is 0.856. The molecule has 25 heavy (non-hydrogen) atoms. The second-order valence-corrected chi connectivity index (χ2v) is 6.48. The fourth-order valence-electron chi connectivity index (χ4n) is 2.82. The van der Waals surface area contributed by atoms with Crippen LogP contribution >= 0.6 is 12.4 Å². The number of amides is 2. The number of hydrogen-bond acceptors (Lipinski definition) is 4. The Labute approximate surface area is 155 Å². The van der Waals surface area contributed by atoms with E-state index in [0.717, 1.165) is 5.56 Å². The molecule has 1 saturated heterocycles. The third-order valence-corrected chi connectivity index (χ3v) is 4.46. The van der Waals surface area contributed by atoms with Crippen LogP contribution in [-0.2, 0) is 16.1 Å². The molecule has 7 heteroatoms. The molecule has 0 unspecified atom stereocenters. The standard InChI is InChI=1S/C18H27N3O3.ClH/c1-4-21(17(23)18(19)9-11-24-12-10-18)13-14-5-7-15(8-6-14)16(22)20(2)3;/h5-8H,4,9-13,19H2,1-3H3;1H. The first kappa shape index (κ1) is 21.4. The van der Waals surface area contributed by atoms with Gasteiger partial charge in [0.05, 0.1) is 5.54 Å². The van der Waals surface area contributed by atoms with Crippen LogP contribution in [0.5, 0.6) is 0 Å². The lowest BCUT2D eigenvalue weighted by Gasteiger charge is -2.36. The van der Waals surface area contributed by atoms with Crippen molar-refractivity contribution in [3.63, 3.8) is 0 Å². The smallest absolute Gasteiger partial charge is 0.253 e. The zero-order chi connectivity index (χ0) is 17.7. The van der Waals surface area contributed by atoms with Crippen LogP contribution in [0, 0.1) is 0 Å². The summed E-state index contributed by atoms with van der Waals surface area (Å²) in [6, 6.07) is 7.37. The van der Waals surface area contributed by atoms with Gasteiger partial charge in [0.15, 0.2) is 0 Å². The molecule has 0 atom stereocenters. The number of carbonyl (C=O) groups excluding carboxylic acids is 2. The summed E-state index contributed by atoms with van der Waals surface area (Å²) in [5, 5.41) is 0. The topological polar surface area (TPSA) is 75.9 Å². The van der Waals surface area contributed by atoms with Gasteiger partial charge in [0.25, 0.3) is 5.91 Å². The van der Waals surface area contributed by atoms with Crippen LogP contribution in [0.25, 0.3) is 0 Å².